The van der Waals surface area contributed by atoms with E-state index in [4.69, 9.17) is 35.3 Å². The second kappa shape index (κ2) is 6.84. The lowest BCUT2D eigenvalue weighted by molar-refractivity contribution is 0.0554. The molecule has 3 atom stereocenters. The third-order valence-corrected chi connectivity index (χ3v) is 6.32. The maximum absolute atomic E-state index is 13.6. The van der Waals surface area contributed by atoms with Crippen LogP contribution in [0, 0.1) is 0 Å². The van der Waals surface area contributed by atoms with Crippen molar-refractivity contribution >= 4 is 17.4 Å². The highest BCUT2D eigenvalue weighted by molar-refractivity contribution is 6.34. The molecule has 3 aliphatic heterocycles. The Morgan fingerprint density at radius 1 is 1.20 bits per heavy atom. The Labute approximate surface area is 179 Å². The molecule has 0 unspecified atom stereocenters. The van der Waals surface area contributed by atoms with Gasteiger partial charge in [0.25, 0.3) is 0 Å². The number of hydrogen-bond donors (Lipinski definition) is 0. The molecule has 0 saturated carbocycles. The molecular weight excluding hydrogens is 408 g/mol. The van der Waals surface area contributed by atoms with Gasteiger partial charge in [0.1, 0.15) is 36.1 Å². The Morgan fingerprint density at radius 3 is 2.70 bits per heavy atom. The SMILES string of the molecule is C=C(C)[C@H]1Cc2c(ccc3c2O[C@@H]2COc4cc(OC)c(OC)c(Cl)c4[C@@H]2C3=O)O1. The lowest BCUT2D eigenvalue weighted by Crippen LogP contribution is -2.43. The largest absolute Gasteiger partial charge is 0.493 e. The van der Waals surface area contributed by atoms with Crippen LogP contribution in [0.25, 0.3) is 0 Å². The van der Waals surface area contributed by atoms with E-state index in [1.165, 1.54) is 14.2 Å². The van der Waals surface area contributed by atoms with E-state index < -0.39 is 12.0 Å². The number of ketones is 1. The minimum absolute atomic E-state index is 0.0542. The number of benzene rings is 2. The lowest BCUT2D eigenvalue weighted by Gasteiger charge is -2.38. The molecule has 0 saturated heterocycles. The van der Waals surface area contributed by atoms with Gasteiger partial charge in [-0.15, -0.1) is 0 Å². The quantitative estimate of drug-likeness (QED) is 0.677. The summed E-state index contributed by atoms with van der Waals surface area (Å²) in [5.74, 6) is 1.98. The van der Waals surface area contributed by atoms with Gasteiger partial charge in [-0.25, -0.2) is 0 Å². The fourth-order valence-electron chi connectivity index (χ4n) is 4.42. The summed E-state index contributed by atoms with van der Waals surface area (Å²) in [6, 6.07) is 5.29. The van der Waals surface area contributed by atoms with Gasteiger partial charge >= 0.3 is 0 Å². The van der Waals surface area contributed by atoms with Crippen LogP contribution in [0.4, 0.5) is 0 Å². The number of carbonyl (C=O) groups excluding carboxylic acids is 1. The minimum Gasteiger partial charge on any atom is -0.493 e. The molecule has 0 aliphatic carbocycles. The normalized spacial score (nSPS) is 23.1. The molecule has 30 heavy (non-hydrogen) atoms. The van der Waals surface area contributed by atoms with Crippen molar-refractivity contribution in [2.75, 3.05) is 20.8 Å². The maximum Gasteiger partial charge on any atom is 0.179 e. The molecule has 7 heteroatoms. The molecule has 5 rings (SSSR count). The maximum atomic E-state index is 13.6. The summed E-state index contributed by atoms with van der Waals surface area (Å²) < 4.78 is 29.0. The Kier molecular flexibility index (Phi) is 4.36. The highest BCUT2D eigenvalue weighted by atomic mass is 35.5. The smallest absolute Gasteiger partial charge is 0.179 e. The van der Waals surface area contributed by atoms with E-state index in [2.05, 4.69) is 6.58 Å². The van der Waals surface area contributed by atoms with E-state index >= 15 is 0 Å². The van der Waals surface area contributed by atoms with Crippen LogP contribution in [-0.4, -0.2) is 38.8 Å². The summed E-state index contributed by atoms with van der Waals surface area (Å²) in [5.41, 5.74) is 2.93. The Balaban J connectivity index is 1.62. The molecule has 2 aromatic carbocycles. The minimum atomic E-state index is -0.592. The number of methoxy groups -OCH3 is 2. The van der Waals surface area contributed by atoms with Crippen LogP contribution in [0.3, 0.4) is 0 Å². The van der Waals surface area contributed by atoms with Crippen molar-refractivity contribution in [3.63, 3.8) is 0 Å². The third kappa shape index (κ3) is 2.59. The molecule has 0 amide bonds. The van der Waals surface area contributed by atoms with Crippen LogP contribution in [0.2, 0.25) is 5.02 Å². The van der Waals surface area contributed by atoms with E-state index in [1.807, 2.05) is 13.0 Å². The third-order valence-electron chi connectivity index (χ3n) is 5.94. The van der Waals surface area contributed by atoms with Gasteiger partial charge in [-0.1, -0.05) is 18.2 Å². The van der Waals surface area contributed by atoms with Crippen molar-refractivity contribution < 1.29 is 28.5 Å². The Bertz CT molecular complexity index is 1090. The number of halogens is 1. The van der Waals surface area contributed by atoms with Crippen molar-refractivity contribution in [3.05, 3.63) is 52.1 Å². The summed E-state index contributed by atoms with van der Waals surface area (Å²) in [6.07, 6.45) is 0.0164. The summed E-state index contributed by atoms with van der Waals surface area (Å²) in [6.45, 7) is 6.14. The molecule has 0 aromatic heterocycles. The molecule has 0 spiro atoms. The number of Topliss-reactive ketones (excluding diaryl/α,β-unsaturated/α-hetero) is 1. The van der Waals surface area contributed by atoms with Crippen molar-refractivity contribution in [1.82, 2.24) is 0 Å². The fourth-order valence-corrected chi connectivity index (χ4v) is 4.81. The monoisotopic (exact) mass is 428 g/mol. The molecular formula is C23H21ClO6. The summed E-state index contributed by atoms with van der Waals surface area (Å²) in [5, 5.41) is 0.300. The highest BCUT2D eigenvalue weighted by Gasteiger charge is 2.47. The van der Waals surface area contributed by atoms with Gasteiger partial charge < -0.3 is 23.7 Å². The van der Waals surface area contributed by atoms with E-state index in [-0.39, 0.29) is 18.5 Å². The first-order valence-corrected chi connectivity index (χ1v) is 10.1. The number of fused-ring (bicyclic) bond motifs is 6. The van der Waals surface area contributed by atoms with E-state index in [0.717, 1.165) is 16.9 Å². The predicted octanol–water partition coefficient (Wildman–Crippen LogP) is 4.36. The first kappa shape index (κ1) is 19.1. The predicted molar refractivity (Wildman–Crippen MR) is 111 cm³/mol. The average Bonchev–Trinajstić information content (AvgIpc) is 3.18. The Hall–Kier alpha value is -2.86. The van der Waals surface area contributed by atoms with E-state index in [9.17, 15) is 4.79 Å². The second-order valence-corrected chi connectivity index (χ2v) is 8.10. The van der Waals surface area contributed by atoms with Gasteiger partial charge in [0.05, 0.1) is 30.7 Å². The molecule has 0 N–H and O–H groups in total. The summed E-state index contributed by atoms with van der Waals surface area (Å²) in [4.78, 5) is 13.6. The van der Waals surface area contributed by atoms with Crippen molar-refractivity contribution in [1.29, 1.82) is 0 Å². The summed E-state index contributed by atoms with van der Waals surface area (Å²) in [7, 11) is 3.03. The molecule has 6 nitrogen and oxygen atoms in total. The molecule has 3 heterocycles. The second-order valence-electron chi connectivity index (χ2n) is 7.72. The van der Waals surface area contributed by atoms with Gasteiger partial charge in [-0.05, 0) is 24.6 Å². The molecule has 0 bridgehead atoms. The van der Waals surface area contributed by atoms with Crippen LogP contribution in [-0.2, 0) is 6.42 Å². The fraction of sp³-hybridized carbons (Fsp3) is 0.348. The molecule has 0 radical (unpaired) electrons. The average molecular weight is 429 g/mol. The number of hydrogen-bond acceptors (Lipinski definition) is 6. The first-order chi connectivity index (χ1) is 14.4. The Morgan fingerprint density at radius 2 is 2.00 bits per heavy atom. The molecule has 0 fully saturated rings. The number of ether oxygens (including phenoxy) is 5. The van der Waals surface area contributed by atoms with Gasteiger partial charge in [0.2, 0.25) is 0 Å². The first-order valence-electron chi connectivity index (χ1n) is 9.70. The van der Waals surface area contributed by atoms with E-state index in [0.29, 0.717) is 45.6 Å². The van der Waals surface area contributed by atoms with Gasteiger partial charge in [0, 0.05) is 23.6 Å². The van der Waals surface area contributed by atoms with Crippen molar-refractivity contribution in [3.8, 4) is 28.7 Å². The van der Waals surface area contributed by atoms with Crippen molar-refractivity contribution in [2.45, 2.75) is 31.5 Å². The molecule has 3 aliphatic rings. The molecule has 156 valence electrons. The lowest BCUT2D eigenvalue weighted by atomic mass is 9.81. The molecule has 2 aromatic rings. The number of carbonyl (C=O) groups is 1. The number of rotatable bonds is 3. The zero-order chi connectivity index (χ0) is 21.2. The van der Waals surface area contributed by atoms with Crippen LogP contribution in [0.5, 0.6) is 28.7 Å². The van der Waals surface area contributed by atoms with Crippen LogP contribution in [0.15, 0.2) is 30.4 Å². The van der Waals surface area contributed by atoms with Crippen LogP contribution >= 0.6 is 11.6 Å². The zero-order valence-corrected chi connectivity index (χ0v) is 17.7. The van der Waals surface area contributed by atoms with Gasteiger partial charge in [0.15, 0.2) is 17.3 Å². The van der Waals surface area contributed by atoms with Crippen LogP contribution in [0.1, 0.15) is 34.3 Å². The topological polar surface area (TPSA) is 63.2 Å². The van der Waals surface area contributed by atoms with Gasteiger partial charge in [-0.3, -0.25) is 4.79 Å². The summed E-state index contributed by atoms with van der Waals surface area (Å²) >= 11 is 6.65. The zero-order valence-electron chi connectivity index (χ0n) is 16.9. The standard InChI is InChI=1S/C23H21ClO6/c1-10(2)14-7-12-13(29-14)6-5-11-21(25)19-17(30-22(11)12)9-28-15-8-16(26-3)23(27-4)20(24)18(15)19/h5-6,8,14,17,19H,1,7,9H2,2-4H3/t14-,17-,19-/m1/s1. The highest BCUT2D eigenvalue weighted by Crippen LogP contribution is 2.53. The van der Waals surface area contributed by atoms with Gasteiger partial charge in [-0.2, -0.15) is 0 Å². The van der Waals surface area contributed by atoms with Crippen molar-refractivity contribution in [2.24, 2.45) is 0 Å². The van der Waals surface area contributed by atoms with E-state index in [1.54, 1.807) is 12.1 Å². The van der Waals surface area contributed by atoms with Crippen LogP contribution < -0.4 is 23.7 Å².